The van der Waals surface area contributed by atoms with Gasteiger partial charge in [0.2, 0.25) is 0 Å². The summed E-state index contributed by atoms with van der Waals surface area (Å²) in [5.41, 5.74) is 6.44. The van der Waals surface area contributed by atoms with Crippen LogP contribution >= 0.6 is 0 Å². The summed E-state index contributed by atoms with van der Waals surface area (Å²) < 4.78 is 40.6. The molecule has 1 saturated carbocycles. The number of fused-ring (bicyclic) bond motifs is 1. The quantitative estimate of drug-likeness (QED) is 0.506. The van der Waals surface area contributed by atoms with Crippen molar-refractivity contribution < 1.29 is 18.0 Å². The molecule has 2 amide bonds. The zero-order chi connectivity index (χ0) is 24.5. The Balaban J connectivity index is 1.51. The standard InChI is InChI=1S/C25H28F3N5O/c1-32(2)22-15-23(31-20-9-5-3-7-18(20)22)30-16-11-13-17(14-12-16)33(24(29)34)21-10-6-4-8-19(21)25(26,27)28/h3-10,15-17H,11-14H2,1-2H3,(H2,29,34)(H,30,31)/t16-,17+. The maximum absolute atomic E-state index is 13.5. The van der Waals surface area contributed by atoms with E-state index in [0.29, 0.717) is 25.7 Å². The fourth-order valence-corrected chi connectivity index (χ4v) is 4.71. The number of anilines is 3. The Bertz CT molecular complexity index is 1170. The highest BCUT2D eigenvalue weighted by atomic mass is 19.4. The lowest BCUT2D eigenvalue weighted by Gasteiger charge is -2.37. The first kappa shape index (κ1) is 23.7. The van der Waals surface area contributed by atoms with Crippen LogP contribution in [0.15, 0.2) is 54.6 Å². The highest BCUT2D eigenvalue weighted by Crippen LogP contribution is 2.39. The average molecular weight is 472 g/mol. The molecule has 1 aromatic heterocycles. The van der Waals surface area contributed by atoms with Crippen molar-refractivity contribution in [2.24, 2.45) is 5.73 Å². The molecule has 1 fully saturated rings. The first-order chi connectivity index (χ1) is 16.1. The number of aromatic nitrogens is 1. The predicted molar refractivity (Wildman–Crippen MR) is 129 cm³/mol. The molecule has 34 heavy (non-hydrogen) atoms. The monoisotopic (exact) mass is 471 g/mol. The van der Waals surface area contributed by atoms with E-state index in [-0.39, 0.29) is 11.7 Å². The lowest BCUT2D eigenvalue weighted by atomic mass is 9.89. The molecule has 3 aromatic rings. The second kappa shape index (κ2) is 9.40. The van der Waals surface area contributed by atoms with Gasteiger partial charge in [-0.1, -0.05) is 30.3 Å². The molecular formula is C25H28F3N5O. The maximum Gasteiger partial charge on any atom is 0.418 e. The van der Waals surface area contributed by atoms with Crippen LogP contribution in [-0.2, 0) is 6.18 Å². The topological polar surface area (TPSA) is 74.5 Å². The highest BCUT2D eigenvalue weighted by molar-refractivity contribution is 5.93. The maximum atomic E-state index is 13.5. The minimum absolute atomic E-state index is 0.0903. The van der Waals surface area contributed by atoms with Crippen LogP contribution in [0.5, 0.6) is 0 Å². The number of halogens is 3. The van der Waals surface area contributed by atoms with Gasteiger partial charge < -0.3 is 16.0 Å². The number of benzene rings is 2. The van der Waals surface area contributed by atoms with Gasteiger partial charge in [-0.15, -0.1) is 0 Å². The fraction of sp³-hybridized carbons (Fsp3) is 0.360. The number of pyridine rings is 1. The molecule has 6 nitrogen and oxygen atoms in total. The molecule has 0 unspecified atom stereocenters. The third kappa shape index (κ3) is 4.88. The summed E-state index contributed by atoms with van der Waals surface area (Å²) >= 11 is 0. The Kier molecular flexibility index (Phi) is 6.54. The molecule has 9 heteroatoms. The number of nitrogens with zero attached hydrogens (tertiary/aromatic N) is 3. The van der Waals surface area contributed by atoms with Crippen LogP contribution in [0.25, 0.3) is 10.9 Å². The van der Waals surface area contributed by atoms with E-state index in [9.17, 15) is 18.0 Å². The Morgan fingerprint density at radius 1 is 1.00 bits per heavy atom. The van der Waals surface area contributed by atoms with Crippen LogP contribution in [0.3, 0.4) is 0 Å². The van der Waals surface area contributed by atoms with Crippen LogP contribution in [0.2, 0.25) is 0 Å². The molecule has 1 aliphatic carbocycles. The molecule has 0 spiro atoms. The van der Waals surface area contributed by atoms with E-state index in [0.717, 1.165) is 33.4 Å². The van der Waals surface area contributed by atoms with Gasteiger partial charge in [-0.25, -0.2) is 9.78 Å². The van der Waals surface area contributed by atoms with Gasteiger partial charge in [0, 0.05) is 43.3 Å². The minimum atomic E-state index is -4.57. The largest absolute Gasteiger partial charge is 0.418 e. The zero-order valence-corrected chi connectivity index (χ0v) is 19.1. The number of urea groups is 1. The van der Waals surface area contributed by atoms with Gasteiger partial charge in [-0.3, -0.25) is 4.90 Å². The van der Waals surface area contributed by atoms with Crippen LogP contribution in [0.1, 0.15) is 31.2 Å². The fourth-order valence-electron chi connectivity index (χ4n) is 4.71. The second-order valence-corrected chi connectivity index (χ2v) is 8.81. The molecule has 2 aromatic carbocycles. The van der Waals surface area contributed by atoms with Crippen molar-refractivity contribution >= 4 is 34.1 Å². The van der Waals surface area contributed by atoms with Gasteiger partial charge in [0.05, 0.1) is 16.8 Å². The van der Waals surface area contributed by atoms with Gasteiger partial charge in [0.1, 0.15) is 5.82 Å². The predicted octanol–water partition coefficient (Wildman–Crippen LogP) is 5.63. The molecule has 1 aliphatic rings. The van der Waals surface area contributed by atoms with Crippen molar-refractivity contribution in [2.45, 2.75) is 43.9 Å². The van der Waals surface area contributed by atoms with Crippen LogP contribution in [0, 0.1) is 0 Å². The molecule has 0 aliphatic heterocycles. The van der Waals surface area contributed by atoms with Gasteiger partial charge >= 0.3 is 12.2 Å². The molecular weight excluding hydrogens is 443 g/mol. The molecule has 4 rings (SSSR count). The number of amides is 2. The summed E-state index contributed by atoms with van der Waals surface area (Å²) in [7, 11) is 3.96. The zero-order valence-electron chi connectivity index (χ0n) is 19.1. The number of hydrogen-bond donors (Lipinski definition) is 2. The lowest BCUT2D eigenvalue weighted by molar-refractivity contribution is -0.137. The average Bonchev–Trinajstić information content (AvgIpc) is 2.79. The number of nitrogens with one attached hydrogen (secondary N) is 1. The molecule has 180 valence electrons. The van der Waals surface area contributed by atoms with E-state index in [1.807, 2.05) is 49.3 Å². The van der Waals surface area contributed by atoms with Crippen molar-refractivity contribution in [1.29, 1.82) is 0 Å². The van der Waals surface area contributed by atoms with Gasteiger partial charge in [0.25, 0.3) is 0 Å². The SMILES string of the molecule is CN(C)c1cc(N[C@H]2CC[C@@H](N(C(N)=O)c3ccccc3C(F)(F)F)CC2)nc2ccccc12. The van der Waals surface area contributed by atoms with E-state index in [2.05, 4.69) is 5.32 Å². The van der Waals surface area contributed by atoms with Crippen LogP contribution in [0.4, 0.5) is 35.2 Å². The third-order valence-corrected chi connectivity index (χ3v) is 6.30. The van der Waals surface area contributed by atoms with E-state index < -0.39 is 23.8 Å². The number of rotatable bonds is 5. The van der Waals surface area contributed by atoms with E-state index >= 15 is 0 Å². The Labute approximate surface area is 196 Å². The number of para-hydroxylation sites is 2. The van der Waals surface area contributed by atoms with Crippen LogP contribution in [-0.4, -0.2) is 37.2 Å². The summed E-state index contributed by atoms with van der Waals surface area (Å²) in [5.74, 6) is 0.750. The Hall–Kier alpha value is -3.49. The lowest BCUT2D eigenvalue weighted by Crippen LogP contribution is -2.47. The number of nitrogens with two attached hydrogens (primary N) is 1. The minimum Gasteiger partial charge on any atom is -0.377 e. The molecule has 0 saturated heterocycles. The van der Waals surface area contributed by atoms with Gasteiger partial charge in [-0.2, -0.15) is 13.2 Å². The van der Waals surface area contributed by atoms with Crippen molar-refractivity contribution in [1.82, 2.24) is 4.98 Å². The molecule has 1 heterocycles. The van der Waals surface area contributed by atoms with Crippen molar-refractivity contribution in [2.75, 3.05) is 29.2 Å². The number of carbonyl (C=O) groups excluding carboxylic acids is 1. The normalized spacial score (nSPS) is 18.5. The summed E-state index contributed by atoms with van der Waals surface area (Å²) in [6, 6.07) is 13.8. The second-order valence-electron chi connectivity index (χ2n) is 8.81. The smallest absolute Gasteiger partial charge is 0.377 e. The summed E-state index contributed by atoms with van der Waals surface area (Å²) in [6.45, 7) is 0. The number of hydrogen-bond acceptors (Lipinski definition) is 4. The molecule has 0 atom stereocenters. The number of carbonyl (C=O) groups is 1. The van der Waals surface area contributed by atoms with Crippen molar-refractivity contribution in [3.8, 4) is 0 Å². The van der Waals surface area contributed by atoms with E-state index in [1.54, 1.807) is 0 Å². The van der Waals surface area contributed by atoms with E-state index in [4.69, 9.17) is 10.7 Å². The van der Waals surface area contributed by atoms with Crippen molar-refractivity contribution in [3.63, 3.8) is 0 Å². The first-order valence-electron chi connectivity index (χ1n) is 11.2. The Morgan fingerprint density at radius 3 is 2.29 bits per heavy atom. The number of alkyl halides is 3. The third-order valence-electron chi connectivity index (χ3n) is 6.30. The Morgan fingerprint density at radius 2 is 1.65 bits per heavy atom. The molecule has 0 bridgehead atoms. The summed E-state index contributed by atoms with van der Waals surface area (Å²) in [5, 5.41) is 4.54. The number of primary amides is 1. The van der Waals surface area contributed by atoms with Gasteiger partial charge in [-0.05, 0) is 43.9 Å². The van der Waals surface area contributed by atoms with Crippen molar-refractivity contribution in [3.05, 3.63) is 60.2 Å². The highest BCUT2D eigenvalue weighted by Gasteiger charge is 2.38. The first-order valence-corrected chi connectivity index (χ1v) is 11.2. The summed E-state index contributed by atoms with van der Waals surface area (Å²) in [4.78, 5) is 20.1. The molecule has 3 N–H and O–H groups in total. The van der Waals surface area contributed by atoms with E-state index in [1.165, 1.54) is 18.2 Å². The molecule has 0 radical (unpaired) electrons. The van der Waals surface area contributed by atoms with Crippen LogP contribution < -0.4 is 20.9 Å². The summed E-state index contributed by atoms with van der Waals surface area (Å²) in [6.07, 6.45) is -2.17. The van der Waals surface area contributed by atoms with Gasteiger partial charge in [0.15, 0.2) is 0 Å².